The highest BCUT2D eigenvalue weighted by Gasteiger charge is 2.16. The third kappa shape index (κ3) is 7.50. The summed E-state index contributed by atoms with van der Waals surface area (Å²) in [4.78, 5) is 30.7. The van der Waals surface area contributed by atoms with Gasteiger partial charge in [0.15, 0.2) is 5.82 Å². The van der Waals surface area contributed by atoms with Gasteiger partial charge >= 0.3 is 0 Å². The zero-order valence-electron chi connectivity index (χ0n) is 25.0. The smallest absolute Gasteiger partial charge is 0.293 e. The molecule has 0 spiro atoms. The van der Waals surface area contributed by atoms with Crippen LogP contribution in [0.1, 0.15) is 61.2 Å². The standard InChI is InChI=1S/C34H41N5O2/c1-7-20-35-21-19-24-11-17-27(18-12-24)36-31-33(41)39(6)22-30(37-31)28-9-8-10-29(23(28)2)38-32(40)25-13-15-26(16-14-25)34(3,4)5/h8-18,22,35H,7,19-21H2,1-6H3,(H,36,37)(H,38,40). The number of anilines is 3. The van der Waals surface area contributed by atoms with Gasteiger partial charge in [-0.15, -0.1) is 0 Å². The molecule has 0 aliphatic carbocycles. The van der Waals surface area contributed by atoms with Gasteiger partial charge in [0.1, 0.15) is 0 Å². The van der Waals surface area contributed by atoms with Crippen molar-refractivity contribution in [2.24, 2.45) is 7.05 Å². The fourth-order valence-corrected chi connectivity index (χ4v) is 4.61. The topological polar surface area (TPSA) is 88.1 Å². The van der Waals surface area contributed by atoms with Crippen LogP contribution in [0.5, 0.6) is 0 Å². The van der Waals surface area contributed by atoms with Gasteiger partial charge in [0.25, 0.3) is 11.5 Å². The van der Waals surface area contributed by atoms with Crippen LogP contribution < -0.4 is 21.5 Å². The maximum absolute atomic E-state index is 13.1. The Morgan fingerprint density at radius 1 is 0.951 bits per heavy atom. The molecule has 0 aliphatic rings. The number of rotatable bonds is 10. The van der Waals surface area contributed by atoms with E-state index in [0.29, 0.717) is 16.9 Å². The highest BCUT2D eigenvalue weighted by molar-refractivity contribution is 6.05. The summed E-state index contributed by atoms with van der Waals surface area (Å²) >= 11 is 0. The number of aromatic nitrogens is 2. The monoisotopic (exact) mass is 551 g/mol. The van der Waals surface area contributed by atoms with Gasteiger partial charge in [-0.3, -0.25) is 9.59 Å². The molecule has 41 heavy (non-hydrogen) atoms. The number of carbonyl (C=O) groups excluding carboxylic acids is 1. The van der Waals surface area contributed by atoms with Crippen molar-refractivity contribution in [1.29, 1.82) is 0 Å². The summed E-state index contributed by atoms with van der Waals surface area (Å²) in [5.74, 6) is 0.0706. The van der Waals surface area contributed by atoms with Gasteiger partial charge in [-0.05, 0) is 85.3 Å². The Morgan fingerprint density at radius 3 is 2.32 bits per heavy atom. The normalized spacial score (nSPS) is 11.4. The first-order chi connectivity index (χ1) is 19.6. The van der Waals surface area contributed by atoms with Crippen LogP contribution in [-0.4, -0.2) is 28.5 Å². The van der Waals surface area contributed by atoms with Gasteiger partial charge in [-0.1, -0.05) is 64.1 Å². The number of hydrogen-bond donors (Lipinski definition) is 3. The maximum atomic E-state index is 13.1. The Bertz CT molecular complexity index is 1550. The lowest BCUT2D eigenvalue weighted by molar-refractivity contribution is 0.102. The van der Waals surface area contributed by atoms with E-state index in [4.69, 9.17) is 4.98 Å². The zero-order chi connectivity index (χ0) is 29.6. The van der Waals surface area contributed by atoms with Crippen molar-refractivity contribution < 1.29 is 4.79 Å². The van der Waals surface area contributed by atoms with Crippen molar-refractivity contribution in [1.82, 2.24) is 14.9 Å². The molecule has 0 atom stereocenters. The van der Waals surface area contributed by atoms with E-state index in [1.54, 1.807) is 13.2 Å². The SMILES string of the molecule is CCCNCCc1ccc(Nc2nc(-c3cccc(NC(=O)c4ccc(C(C)(C)C)cc4)c3C)cn(C)c2=O)cc1. The molecule has 7 nitrogen and oxygen atoms in total. The van der Waals surface area contributed by atoms with Crippen molar-refractivity contribution >= 4 is 23.1 Å². The molecule has 214 valence electrons. The van der Waals surface area contributed by atoms with Gasteiger partial charge < -0.3 is 20.5 Å². The lowest BCUT2D eigenvalue weighted by Crippen LogP contribution is -2.21. The van der Waals surface area contributed by atoms with Crippen LogP contribution in [0, 0.1) is 6.92 Å². The fourth-order valence-electron chi connectivity index (χ4n) is 4.61. The maximum Gasteiger partial charge on any atom is 0.293 e. The molecule has 0 radical (unpaired) electrons. The number of nitrogens with zero attached hydrogens (tertiary/aromatic N) is 2. The first-order valence-electron chi connectivity index (χ1n) is 14.2. The molecule has 1 aromatic heterocycles. The lowest BCUT2D eigenvalue weighted by Gasteiger charge is -2.19. The Hall–Kier alpha value is -4.23. The molecule has 0 fully saturated rings. The van der Waals surface area contributed by atoms with Crippen LogP contribution in [0.25, 0.3) is 11.3 Å². The average molecular weight is 552 g/mol. The Balaban J connectivity index is 1.53. The second-order valence-corrected chi connectivity index (χ2v) is 11.5. The van der Waals surface area contributed by atoms with E-state index >= 15 is 0 Å². The van der Waals surface area contributed by atoms with Crippen molar-refractivity contribution in [2.75, 3.05) is 23.7 Å². The van der Waals surface area contributed by atoms with Crippen molar-refractivity contribution in [3.8, 4) is 11.3 Å². The molecule has 0 aliphatic heterocycles. The van der Waals surface area contributed by atoms with Crippen LogP contribution in [0.15, 0.2) is 77.7 Å². The number of carbonyl (C=O) groups is 1. The van der Waals surface area contributed by atoms with Crippen LogP contribution in [0.4, 0.5) is 17.2 Å². The molecule has 4 rings (SSSR count). The zero-order valence-corrected chi connectivity index (χ0v) is 25.0. The third-order valence-corrected chi connectivity index (χ3v) is 7.18. The molecular weight excluding hydrogens is 510 g/mol. The van der Waals surface area contributed by atoms with E-state index in [2.05, 4.69) is 55.8 Å². The predicted octanol–water partition coefficient (Wildman–Crippen LogP) is 6.59. The second kappa shape index (κ2) is 13.0. The van der Waals surface area contributed by atoms with Gasteiger partial charge in [-0.2, -0.15) is 0 Å². The van der Waals surface area contributed by atoms with Crippen LogP contribution in [0.2, 0.25) is 0 Å². The van der Waals surface area contributed by atoms with Crippen LogP contribution in [-0.2, 0) is 18.9 Å². The van der Waals surface area contributed by atoms with E-state index in [9.17, 15) is 9.59 Å². The lowest BCUT2D eigenvalue weighted by atomic mass is 9.86. The highest BCUT2D eigenvalue weighted by Crippen LogP contribution is 2.29. The summed E-state index contributed by atoms with van der Waals surface area (Å²) in [5.41, 5.74) is 6.63. The van der Waals surface area contributed by atoms with E-state index in [1.165, 1.54) is 15.7 Å². The van der Waals surface area contributed by atoms with Crippen LogP contribution in [0.3, 0.4) is 0 Å². The summed E-state index contributed by atoms with van der Waals surface area (Å²) in [5, 5.41) is 9.66. The molecule has 4 aromatic rings. The van der Waals surface area contributed by atoms with Crippen molar-refractivity contribution in [2.45, 2.75) is 52.9 Å². The van der Waals surface area contributed by atoms with Crippen molar-refractivity contribution in [3.63, 3.8) is 0 Å². The highest BCUT2D eigenvalue weighted by atomic mass is 16.1. The average Bonchev–Trinajstić information content (AvgIpc) is 2.95. The van der Waals surface area contributed by atoms with Gasteiger partial charge in [0, 0.05) is 35.7 Å². The molecule has 7 heteroatoms. The number of hydrogen-bond acceptors (Lipinski definition) is 5. The first-order valence-corrected chi connectivity index (χ1v) is 14.2. The minimum atomic E-state index is -0.220. The predicted molar refractivity (Wildman–Crippen MR) is 169 cm³/mol. The molecule has 1 amide bonds. The summed E-state index contributed by atoms with van der Waals surface area (Å²) in [6.07, 6.45) is 3.79. The van der Waals surface area contributed by atoms with E-state index in [-0.39, 0.29) is 22.7 Å². The van der Waals surface area contributed by atoms with Gasteiger partial charge in [0.2, 0.25) is 0 Å². The molecule has 3 N–H and O–H groups in total. The minimum Gasteiger partial charge on any atom is -0.336 e. The molecule has 0 bridgehead atoms. The summed E-state index contributed by atoms with van der Waals surface area (Å²) in [7, 11) is 1.72. The quantitative estimate of drug-likeness (QED) is 0.194. The largest absolute Gasteiger partial charge is 0.336 e. The Morgan fingerprint density at radius 2 is 1.66 bits per heavy atom. The molecule has 3 aromatic carbocycles. The molecule has 1 heterocycles. The van der Waals surface area contributed by atoms with Gasteiger partial charge in [-0.25, -0.2) is 4.98 Å². The van der Waals surface area contributed by atoms with Gasteiger partial charge in [0.05, 0.1) is 5.69 Å². The Labute approximate surface area is 243 Å². The van der Waals surface area contributed by atoms with E-state index in [0.717, 1.165) is 42.7 Å². The minimum absolute atomic E-state index is 0.0193. The fraction of sp³-hybridized carbons (Fsp3) is 0.324. The number of aryl methyl sites for hydroxylation is 1. The second-order valence-electron chi connectivity index (χ2n) is 11.5. The Kier molecular flexibility index (Phi) is 9.40. The summed E-state index contributed by atoms with van der Waals surface area (Å²) in [6.45, 7) is 12.5. The summed E-state index contributed by atoms with van der Waals surface area (Å²) in [6, 6.07) is 21.5. The van der Waals surface area contributed by atoms with Crippen LogP contribution >= 0.6 is 0 Å². The number of amides is 1. The molecule has 0 saturated carbocycles. The third-order valence-electron chi connectivity index (χ3n) is 7.18. The van der Waals surface area contributed by atoms with Crippen molar-refractivity contribution in [3.05, 3.63) is 106 Å². The molecule has 0 unspecified atom stereocenters. The summed E-state index contributed by atoms with van der Waals surface area (Å²) < 4.78 is 1.53. The number of benzene rings is 3. The first kappa shape index (κ1) is 29.7. The van der Waals surface area contributed by atoms with E-state index < -0.39 is 0 Å². The molecular formula is C34H41N5O2. The van der Waals surface area contributed by atoms with E-state index in [1.807, 2.05) is 61.5 Å². The molecule has 0 saturated heterocycles. The number of nitrogens with one attached hydrogen (secondary N) is 3.